The lowest BCUT2D eigenvalue weighted by Crippen LogP contribution is -2.44. The molecule has 5 amide bonds. The average molecular weight is 708 g/mol. The SMILES string of the molecule is CB(O)C1=CC(C)(OCC(=O)NCCCCCC(=O)NCCCCCCNC(=O)CCCC[C@@H]2SCC3NC(=O)N[C@@H]32)C(F)C=C1C(C)=O. The lowest BCUT2D eigenvalue weighted by atomic mass is 9.57. The van der Waals surface area contributed by atoms with E-state index in [1.54, 1.807) is 0 Å². The quantitative estimate of drug-likeness (QED) is 0.0534. The van der Waals surface area contributed by atoms with Crippen molar-refractivity contribution in [1.82, 2.24) is 26.6 Å². The van der Waals surface area contributed by atoms with E-state index in [1.807, 2.05) is 11.8 Å². The minimum atomic E-state index is -1.65. The van der Waals surface area contributed by atoms with Crippen LogP contribution in [0.1, 0.15) is 90.9 Å². The van der Waals surface area contributed by atoms with Crippen LogP contribution in [0.3, 0.4) is 0 Å². The van der Waals surface area contributed by atoms with Gasteiger partial charge in [0.05, 0.1) is 12.1 Å². The monoisotopic (exact) mass is 707 g/mol. The Balaban J connectivity index is 1.10. The summed E-state index contributed by atoms with van der Waals surface area (Å²) in [6, 6.07) is 0.386. The van der Waals surface area contributed by atoms with Crippen LogP contribution in [0.5, 0.6) is 0 Å². The van der Waals surface area contributed by atoms with Gasteiger partial charge in [0.25, 0.3) is 0 Å². The maximum absolute atomic E-state index is 14.8. The largest absolute Gasteiger partial charge is 0.446 e. The highest BCUT2D eigenvalue weighted by Crippen LogP contribution is 2.34. The number of nitrogens with one attached hydrogen (secondary N) is 5. The molecule has 3 unspecified atom stereocenters. The van der Waals surface area contributed by atoms with E-state index in [1.165, 1.54) is 26.7 Å². The Hall–Kier alpha value is -2.91. The lowest BCUT2D eigenvalue weighted by molar-refractivity contribution is -0.132. The number of alkyl halides is 1. The molecule has 0 radical (unpaired) electrons. The van der Waals surface area contributed by atoms with Gasteiger partial charge >= 0.3 is 12.9 Å². The van der Waals surface area contributed by atoms with Crippen LogP contribution in [0, 0.1) is 0 Å². The zero-order valence-electron chi connectivity index (χ0n) is 29.2. The van der Waals surface area contributed by atoms with E-state index in [2.05, 4.69) is 26.6 Å². The number of unbranched alkanes of at least 4 members (excludes halogenated alkanes) is 6. The second kappa shape index (κ2) is 20.7. The number of halogens is 1. The fourth-order valence-electron chi connectivity index (χ4n) is 6.26. The molecular formula is C34H55BFN5O7S. The van der Waals surface area contributed by atoms with Crippen LogP contribution in [0.4, 0.5) is 9.18 Å². The first-order valence-electron chi connectivity index (χ1n) is 17.8. The number of hydrogen-bond acceptors (Lipinski definition) is 8. The number of thioether (sulfide) groups is 1. The third kappa shape index (κ3) is 13.7. The molecule has 2 aliphatic heterocycles. The van der Waals surface area contributed by atoms with Crippen LogP contribution in [0.15, 0.2) is 23.2 Å². The summed E-state index contributed by atoms with van der Waals surface area (Å²) >= 11 is 1.90. The lowest BCUT2D eigenvalue weighted by Gasteiger charge is -2.34. The van der Waals surface area contributed by atoms with Gasteiger partial charge in [-0.2, -0.15) is 11.8 Å². The Morgan fingerprint density at radius 1 is 0.939 bits per heavy atom. The zero-order chi connectivity index (χ0) is 35.8. The van der Waals surface area contributed by atoms with Crippen molar-refractivity contribution in [1.29, 1.82) is 0 Å². The predicted molar refractivity (Wildman–Crippen MR) is 190 cm³/mol. The predicted octanol–water partition coefficient (Wildman–Crippen LogP) is 2.90. The Labute approximate surface area is 294 Å². The van der Waals surface area contributed by atoms with Crippen LogP contribution in [-0.4, -0.2) is 103 Å². The first-order valence-corrected chi connectivity index (χ1v) is 18.8. The summed E-state index contributed by atoms with van der Waals surface area (Å²) in [5, 5.41) is 25.1. The highest BCUT2D eigenvalue weighted by atomic mass is 32.2. The number of fused-ring (bicyclic) bond motifs is 1. The van der Waals surface area contributed by atoms with Crippen molar-refractivity contribution in [3.8, 4) is 0 Å². The maximum Gasteiger partial charge on any atom is 0.320 e. The number of ketones is 1. The summed E-state index contributed by atoms with van der Waals surface area (Å²) in [6.07, 6.45) is 10.6. The molecule has 3 aliphatic rings. The van der Waals surface area contributed by atoms with E-state index in [-0.39, 0.29) is 53.4 Å². The molecule has 2 saturated heterocycles. The number of ether oxygens (including phenoxy) is 1. The normalized spacial score (nSPS) is 24.2. The molecule has 2 fully saturated rings. The summed E-state index contributed by atoms with van der Waals surface area (Å²) in [6.45, 7) is 4.60. The van der Waals surface area contributed by atoms with Crippen LogP contribution < -0.4 is 26.6 Å². The van der Waals surface area contributed by atoms with E-state index in [0.717, 1.165) is 63.2 Å². The number of rotatable bonds is 23. The molecule has 0 saturated carbocycles. The number of urea groups is 1. The van der Waals surface area contributed by atoms with Gasteiger partial charge in [0, 0.05) is 49.1 Å². The molecule has 15 heteroatoms. The van der Waals surface area contributed by atoms with Crippen molar-refractivity contribution in [2.45, 2.75) is 127 Å². The van der Waals surface area contributed by atoms with Crippen molar-refractivity contribution in [3.05, 3.63) is 23.2 Å². The molecule has 1 aliphatic carbocycles. The van der Waals surface area contributed by atoms with E-state index >= 15 is 0 Å². The summed E-state index contributed by atoms with van der Waals surface area (Å²) in [5.74, 6) is 0.299. The van der Waals surface area contributed by atoms with Gasteiger partial charge in [-0.25, -0.2) is 9.18 Å². The molecule has 5 atom stereocenters. The minimum Gasteiger partial charge on any atom is -0.446 e. The van der Waals surface area contributed by atoms with Crippen molar-refractivity contribution in [2.24, 2.45) is 0 Å². The number of carbonyl (C=O) groups excluding carboxylic acids is 5. The molecule has 3 rings (SSSR count). The zero-order valence-corrected chi connectivity index (χ0v) is 30.1. The smallest absolute Gasteiger partial charge is 0.320 e. The topological polar surface area (TPSA) is 175 Å². The second-order valence-corrected chi connectivity index (χ2v) is 14.7. The Morgan fingerprint density at radius 3 is 2.10 bits per heavy atom. The number of Topliss-reactive ketones (excluding diaryl/α,β-unsaturated/α-hetero) is 1. The van der Waals surface area contributed by atoms with Gasteiger partial charge < -0.3 is 36.3 Å². The highest BCUT2D eigenvalue weighted by Gasteiger charge is 2.42. The van der Waals surface area contributed by atoms with E-state index in [0.29, 0.717) is 50.6 Å². The molecule has 6 N–H and O–H groups in total. The van der Waals surface area contributed by atoms with E-state index in [9.17, 15) is 33.4 Å². The second-order valence-electron chi connectivity index (χ2n) is 13.4. The number of carbonyl (C=O) groups is 5. The average Bonchev–Trinajstić information content (AvgIpc) is 3.61. The van der Waals surface area contributed by atoms with Crippen molar-refractivity contribution in [2.75, 3.05) is 32.0 Å². The van der Waals surface area contributed by atoms with E-state index < -0.39 is 24.6 Å². The van der Waals surface area contributed by atoms with Gasteiger partial charge in [-0.15, -0.1) is 0 Å². The van der Waals surface area contributed by atoms with Crippen molar-refractivity contribution in [3.63, 3.8) is 0 Å². The molecule has 12 nitrogen and oxygen atoms in total. The number of hydrogen-bond donors (Lipinski definition) is 6. The number of allylic oxidation sites excluding steroid dienone is 2. The molecule has 0 aromatic rings. The summed E-state index contributed by atoms with van der Waals surface area (Å²) in [7, 11) is 0. The van der Waals surface area contributed by atoms with Crippen LogP contribution >= 0.6 is 11.8 Å². The molecule has 0 aromatic heterocycles. The third-order valence-corrected chi connectivity index (χ3v) is 10.7. The van der Waals surface area contributed by atoms with Crippen LogP contribution in [0.2, 0.25) is 6.82 Å². The van der Waals surface area contributed by atoms with Gasteiger partial charge in [0.2, 0.25) is 17.7 Å². The first-order chi connectivity index (χ1) is 23.4. The van der Waals surface area contributed by atoms with Gasteiger partial charge in [-0.05, 0) is 63.9 Å². The van der Waals surface area contributed by atoms with Crippen molar-refractivity contribution >= 4 is 48.2 Å². The third-order valence-electron chi connectivity index (χ3n) is 9.19. The summed E-state index contributed by atoms with van der Waals surface area (Å²) < 4.78 is 20.4. The van der Waals surface area contributed by atoms with Gasteiger partial charge in [-0.1, -0.05) is 38.6 Å². The molecule has 0 aromatic carbocycles. The molecule has 0 spiro atoms. The van der Waals surface area contributed by atoms with Gasteiger partial charge in [0.1, 0.15) is 12.2 Å². The maximum atomic E-state index is 14.8. The Kier molecular flexibility index (Phi) is 17.1. The summed E-state index contributed by atoms with van der Waals surface area (Å²) in [5.41, 5.74) is -1.08. The molecular weight excluding hydrogens is 652 g/mol. The Morgan fingerprint density at radius 2 is 1.51 bits per heavy atom. The van der Waals surface area contributed by atoms with Crippen LogP contribution in [-0.2, 0) is 23.9 Å². The standard InChI is InChI=1S/C34H55BFN5O7S/c1-23(42)24-19-28(36)34(2,20-25(24)35(3)47)48-21-31(45)39-18-12-6-7-14-29(43)37-16-10-4-5-11-17-38-30(44)15-9-8-13-27-32-26(22-49-27)40-33(46)41-32/h19-20,26-28,32,47H,4-18,21-22H2,1-3H3,(H,37,43)(H,38,44)(H,39,45)(H2,40,41,46)/t26?,27-,28?,32-,34?/m0/s1. The first kappa shape index (κ1) is 40.5. The molecule has 274 valence electrons. The number of amides is 5. The minimum absolute atomic E-state index is 0.00815. The van der Waals surface area contributed by atoms with Crippen molar-refractivity contribution < 1.29 is 38.1 Å². The molecule has 49 heavy (non-hydrogen) atoms. The van der Waals surface area contributed by atoms with E-state index in [4.69, 9.17) is 4.74 Å². The fraction of sp³-hybridized carbons (Fsp3) is 0.735. The Bertz CT molecular complexity index is 1220. The van der Waals surface area contributed by atoms with Crippen LogP contribution in [0.25, 0.3) is 0 Å². The molecule has 0 bridgehead atoms. The highest BCUT2D eigenvalue weighted by molar-refractivity contribution is 8.00. The summed E-state index contributed by atoms with van der Waals surface area (Å²) in [4.78, 5) is 59.8. The van der Waals surface area contributed by atoms with Gasteiger partial charge in [0.15, 0.2) is 12.0 Å². The fourth-order valence-corrected chi connectivity index (χ4v) is 7.80. The molecule has 2 heterocycles. The van der Waals surface area contributed by atoms with Gasteiger partial charge in [-0.3, -0.25) is 19.2 Å².